The fraction of sp³-hybridized carbons (Fsp3) is 0.286. The van der Waals surface area contributed by atoms with Crippen LogP contribution in [0.5, 0.6) is 0 Å². The van der Waals surface area contributed by atoms with E-state index in [1.165, 1.54) is 5.69 Å². The molecule has 1 aromatic heterocycles. The zero-order valence-corrected chi connectivity index (χ0v) is 17.6. The minimum atomic E-state index is -2.29. The van der Waals surface area contributed by atoms with Crippen LogP contribution in [-0.4, -0.2) is 54.5 Å². The Hall–Kier alpha value is -2.92. The molecule has 8 heteroatoms. The van der Waals surface area contributed by atoms with Gasteiger partial charge in [-0.25, -0.2) is 0 Å². The zero-order valence-electron chi connectivity index (χ0n) is 16.7. The van der Waals surface area contributed by atoms with E-state index in [-0.39, 0.29) is 5.95 Å². The lowest BCUT2D eigenvalue weighted by Gasteiger charge is -2.36. The Morgan fingerprint density at radius 3 is 2.07 bits per heavy atom. The molecule has 2 aromatic carbocycles. The van der Waals surface area contributed by atoms with Crippen LogP contribution in [0.3, 0.4) is 0 Å². The van der Waals surface area contributed by atoms with Crippen molar-refractivity contribution in [2.24, 2.45) is 0 Å². The van der Waals surface area contributed by atoms with Gasteiger partial charge in [-0.3, -0.25) is 0 Å². The smallest absolute Gasteiger partial charge is 0.230 e. The van der Waals surface area contributed by atoms with Gasteiger partial charge in [0, 0.05) is 42.7 Å². The third kappa shape index (κ3) is 4.40. The average Bonchev–Trinajstić information content (AvgIpc) is 2.73. The van der Waals surface area contributed by atoms with Crippen molar-refractivity contribution in [3.63, 3.8) is 0 Å². The number of anilines is 3. The van der Waals surface area contributed by atoms with Crippen molar-refractivity contribution >= 4 is 30.0 Å². The molecule has 0 atom stereocenters. The topological polar surface area (TPSA) is 88.2 Å². The van der Waals surface area contributed by atoms with Gasteiger partial charge < -0.3 is 20.1 Å². The van der Waals surface area contributed by atoms with Gasteiger partial charge in [-0.05, 0) is 25.5 Å². The summed E-state index contributed by atoms with van der Waals surface area (Å²) < 4.78 is 12.2. The molecule has 0 bridgehead atoms. The monoisotopic (exact) mass is 408 g/mol. The minimum Gasteiger partial charge on any atom is -0.368 e. The van der Waals surface area contributed by atoms with E-state index >= 15 is 0 Å². The van der Waals surface area contributed by atoms with Crippen LogP contribution >= 0.6 is 7.14 Å². The van der Waals surface area contributed by atoms with Crippen LogP contribution in [0, 0.1) is 0 Å². The number of nitrogens with two attached hydrogens (primary N) is 1. The van der Waals surface area contributed by atoms with Gasteiger partial charge in [0.15, 0.2) is 5.82 Å². The zero-order chi connectivity index (χ0) is 20.4. The Bertz CT molecular complexity index is 1030. The molecule has 0 spiro atoms. The van der Waals surface area contributed by atoms with Crippen LogP contribution < -0.4 is 20.8 Å². The van der Waals surface area contributed by atoms with Gasteiger partial charge in [0.05, 0.1) is 0 Å². The highest BCUT2D eigenvalue weighted by Crippen LogP contribution is 2.34. The van der Waals surface area contributed by atoms with Gasteiger partial charge in [-0.1, -0.05) is 42.5 Å². The van der Waals surface area contributed by atoms with Crippen LogP contribution in [0.2, 0.25) is 0 Å². The standard InChI is InChI=1S/C21H25N6OP/c1-29(2,28)18-10-8-16(9-11-18)19-23-20(22)25-21(24-19)27-14-12-26(13-15-27)17-6-4-3-5-7-17/h3-11H,12-15H2,1-2H3,(H2,22,23,24,25). The summed E-state index contributed by atoms with van der Waals surface area (Å²) >= 11 is 0. The minimum absolute atomic E-state index is 0.205. The fourth-order valence-corrected chi connectivity index (χ4v) is 4.29. The Morgan fingerprint density at radius 1 is 0.828 bits per heavy atom. The van der Waals surface area contributed by atoms with Gasteiger partial charge >= 0.3 is 0 Å². The van der Waals surface area contributed by atoms with Gasteiger partial charge in [0.1, 0.15) is 7.14 Å². The first-order valence-corrected chi connectivity index (χ1v) is 12.2. The summed E-state index contributed by atoms with van der Waals surface area (Å²) in [7, 11) is -2.29. The molecule has 29 heavy (non-hydrogen) atoms. The lowest BCUT2D eigenvalue weighted by molar-refractivity contribution is 0.588. The second-order valence-electron chi connectivity index (χ2n) is 7.52. The summed E-state index contributed by atoms with van der Waals surface area (Å²) in [5.74, 6) is 1.34. The molecule has 1 fully saturated rings. The predicted octanol–water partition coefficient (Wildman–Crippen LogP) is 2.70. The Balaban J connectivity index is 1.53. The van der Waals surface area contributed by atoms with E-state index in [9.17, 15) is 4.57 Å². The van der Waals surface area contributed by atoms with Crippen LogP contribution in [0.15, 0.2) is 54.6 Å². The van der Waals surface area contributed by atoms with Gasteiger partial charge in [-0.2, -0.15) is 15.0 Å². The fourth-order valence-electron chi connectivity index (χ4n) is 3.42. The lowest BCUT2D eigenvalue weighted by Crippen LogP contribution is -2.47. The number of hydrogen-bond acceptors (Lipinski definition) is 7. The number of hydrogen-bond donors (Lipinski definition) is 1. The second-order valence-corrected chi connectivity index (χ2v) is 10.7. The molecule has 4 rings (SSSR count). The first-order chi connectivity index (χ1) is 13.9. The number of aromatic nitrogens is 3. The number of nitrogen functional groups attached to an aromatic ring is 1. The van der Waals surface area contributed by atoms with Crippen molar-refractivity contribution in [3.05, 3.63) is 54.6 Å². The van der Waals surface area contributed by atoms with Gasteiger partial charge in [0.2, 0.25) is 11.9 Å². The molecule has 0 amide bonds. The third-order valence-electron chi connectivity index (χ3n) is 5.07. The van der Waals surface area contributed by atoms with Crippen molar-refractivity contribution in [1.82, 2.24) is 15.0 Å². The summed E-state index contributed by atoms with van der Waals surface area (Å²) in [6.45, 7) is 6.92. The highest BCUT2D eigenvalue weighted by atomic mass is 31.2. The van der Waals surface area contributed by atoms with E-state index in [2.05, 4.69) is 49.0 Å². The molecule has 1 aliphatic heterocycles. The molecule has 0 aliphatic carbocycles. The number of benzene rings is 2. The molecular weight excluding hydrogens is 383 g/mol. The second kappa shape index (κ2) is 7.84. The van der Waals surface area contributed by atoms with Gasteiger partial charge in [0.25, 0.3) is 0 Å². The van der Waals surface area contributed by atoms with Crippen molar-refractivity contribution in [1.29, 1.82) is 0 Å². The lowest BCUT2D eigenvalue weighted by atomic mass is 10.2. The molecule has 2 heterocycles. The average molecular weight is 408 g/mol. The molecular formula is C21H25N6OP. The highest BCUT2D eigenvalue weighted by molar-refractivity contribution is 7.70. The SMILES string of the molecule is CP(C)(=O)c1ccc(-c2nc(N)nc(N3CCN(c4ccccc4)CC3)n2)cc1. The maximum Gasteiger partial charge on any atom is 0.230 e. The number of rotatable bonds is 4. The number of nitrogens with zero attached hydrogens (tertiary/aromatic N) is 5. The van der Waals surface area contributed by atoms with E-state index in [1.807, 2.05) is 30.3 Å². The van der Waals surface area contributed by atoms with Crippen molar-refractivity contribution < 1.29 is 4.57 Å². The molecule has 3 aromatic rings. The quantitative estimate of drug-likeness (QED) is 0.664. The highest BCUT2D eigenvalue weighted by Gasteiger charge is 2.21. The Labute approximate surface area is 171 Å². The molecule has 0 unspecified atom stereocenters. The normalized spacial score (nSPS) is 14.8. The van der Waals surface area contributed by atoms with Crippen LogP contribution in [0.4, 0.5) is 17.6 Å². The van der Waals surface area contributed by atoms with Crippen LogP contribution in [0.1, 0.15) is 0 Å². The molecule has 0 radical (unpaired) electrons. The molecule has 1 aliphatic rings. The first kappa shape index (κ1) is 19.4. The van der Waals surface area contributed by atoms with Crippen LogP contribution in [0.25, 0.3) is 11.4 Å². The third-order valence-corrected chi connectivity index (χ3v) is 6.61. The number of para-hydroxylation sites is 1. The summed E-state index contributed by atoms with van der Waals surface area (Å²) in [6, 6.07) is 17.9. The van der Waals surface area contributed by atoms with Crippen molar-refractivity contribution in [3.8, 4) is 11.4 Å². The van der Waals surface area contributed by atoms with E-state index in [1.54, 1.807) is 13.3 Å². The van der Waals surface area contributed by atoms with Crippen molar-refractivity contribution in [2.75, 3.05) is 55.0 Å². The first-order valence-electron chi connectivity index (χ1n) is 9.63. The van der Waals surface area contributed by atoms with E-state index < -0.39 is 7.14 Å². The van der Waals surface area contributed by atoms with E-state index in [4.69, 9.17) is 5.73 Å². The molecule has 1 saturated heterocycles. The summed E-state index contributed by atoms with van der Waals surface area (Å²) in [5, 5.41) is 0.834. The Kier molecular flexibility index (Phi) is 5.24. The summed E-state index contributed by atoms with van der Waals surface area (Å²) in [6.07, 6.45) is 0. The maximum absolute atomic E-state index is 12.2. The molecule has 0 saturated carbocycles. The summed E-state index contributed by atoms with van der Waals surface area (Å²) in [4.78, 5) is 17.8. The molecule has 7 nitrogen and oxygen atoms in total. The molecule has 2 N–H and O–H groups in total. The van der Waals surface area contributed by atoms with Crippen LogP contribution in [-0.2, 0) is 4.57 Å². The van der Waals surface area contributed by atoms with Crippen molar-refractivity contribution in [2.45, 2.75) is 0 Å². The predicted molar refractivity (Wildman–Crippen MR) is 120 cm³/mol. The summed E-state index contributed by atoms with van der Waals surface area (Å²) in [5.41, 5.74) is 8.04. The van der Waals surface area contributed by atoms with E-state index in [0.717, 1.165) is 37.0 Å². The van der Waals surface area contributed by atoms with Gasteiger partial charge in [-0.15, -0.1) is 0 Å². The molecule has 150 valence electrons. The maximum atomic E-state index is 12.2. The largest absolute Gasteiger partial charge is 0.368 e. The van der Waals surface area contributed by atoms with E-state index in [0.29, 0.717) is 11.8 Å². The Morgan fingerprint density at radius 2 is 1.45 bits per heavy atom. The number of piperazine rings is 1.